The van der Waals surface area contributed by atoms with Crippen molar-refractivity contribution >= 4 is 28.9 Å². The van der Waals surface area contributed by atoms with Gasteiger partial charge >= 0.3 is 0 Å². The number of rotatable bonds is 2. The molecule has 0 saturated heterocycles. The van der Waals surface area contributed by atoms with Gasteiger partial charge in [0.2, 0.25) is 5.95 Å². The molecule has 0 aliphatic heterocycles. The molecule has 0 aromatic carbocycles. The zero-order chi connectivity index (χ0) is 13.6. The maximum absolute atomic E-state index is 6.18. The Morgan fingerprint density at radius 2 is 2.05 bits per heavy atom. The number of hydrogen-bond donors (Lipinski definition) is 1. The number of aromatic nitrogens is 4. The Bertz CT molecular complexity index is 600. The largest absolute Gasteiger partial charge is 0.369 e. The number of nitrogen functional groups attached to an aromatic ring is 1. The summed E-state index contributed by atoms with van der Waals surface area (Å²) < 4.78 is 4.13. The number of anilines is 1. The number of thioether (sulfide) groups is 1. The Morgan fingerprint density at radius 3 is 2.79 bits per heavy atom. The van der Waals surface area contributed by atoms with E-state index in [9.17, 15) is 0 Å². The maximum atomic E-state index is 6.18. The first-order chi connectivity index (χ1) is 9.13. The van der Waals surface area contributed by atoms with E-state index in [0.717, 1.165) is 16.9 Å². The number of aryl methyl sites for hydroxylation is 2. The Kier molecular flexibility index (Phi) is 3.20. The fourth-order valence-corrected chi connectivity index (χ4v) is 4.26. The van der Waals surface area contributed by atoms with E-state index >= 15 is 0 Å². The van der Waals surface area contributed by atoms with Crippen molar-refractivity contribution in [1.82, 2.24) is 19.3 Å². The molecule has 19 heavy (non-hydrogen) atoms. The second-order valence-corrected chi connectivity index (χ2v) is 6.42. The van der Waals surface area contributed by atoms with Gasteiger partial charge in [0, 0.05) is 12.3 Å². The smallest absolute Gasteiger partial charge is 0.202 e. The van der Waals surface area contributed by atoms with Crippen molar-refractivity contribution < 1.29 is 0 Å². The van der Waals surface area contributed by atoms with Crippen molar-refractivity contribution in [1.29, 1.82) is 0 Å². The lowest BCUT2D eigenvalue weighted by Gasteiger charge is -2.32. The fraction of sp³-hybridized carbons (Fsp3) is 0.692. The number of fused-ring (bicyclic) bond motifs is 1. The minimum absolute atomic E-state index is 0.448. The van der Waals surface area contributed by atoms with Gasteiger partial charge < -0.3 is 5.73 Å². The van der Waals surface area contributed by atoms with E-state index in [1.807, 2.05) is 30.4 Å². The van der Waals surface area contributed by atoms with Crippen molar-refractivity contribution in [3.05, 3.63) is 5.69 Å². The third-order valence-corrected chi connectivity index (χ3v) is 5.32. The van der Waals surface area contributed by atoms with Gasteiger partial charge in [-0.25, -0.2) is 4.98 Å². The zero-order valence-electron chi connectivity index (χ0n) is 11.8. The Labute approximate surface area is 117 Å². The van der Waals surface area contributed by atoms with Crippen LogP contribution in [-0.4, -0.2) is 30.8 Å². The molecule has 2 aromatic heterocycles. The highest BCUT2D eigenvalue weighted by atomic mass is 32.2. The molecule has 0 bridgehead atoms. The highest BCUT2D eigenvalue weighted by Crippen LogP contribution is 2.39. The average molecular weight is 279 g/mol. The molecule has 2 atom stereocenters. The van der Waals surface area contributed by atoms with Crippen LogP contribution in [0.5, 0.6) is 0 Å². The van der Waals surface area contributed by atoms with E-state index in [-0.39, 0.29) is 0 Å². The van der Waals surface area contributed by atoms with Crippen LogP contribution in [0.2, 0.25) is 0 Å². The first-order valence-corrected chi connectivity index (χ1v) is 8.12. The van der Waals surface area contributed by atoms with Gasteiger partial charge in [0.05, 0.1) is 11.7 Å². The zero-order valence-corrected chi connectivity index (χ0v) is 12.6. The van der Waals surface area contributed by atoms with Gasteiger partial charge in [-0.05, 0) is 26.0 Å². The van der Waals surface area contributed by atoms with Crippen molar-refractivity contribution in [2.45, 2.75) is 43.9 Å². The number of imidazole rings is 1. The molecule has 2 aromatic rings. The van der Waals surface area contributed by atoms with Crippen molar-refractivity contribution in [2.75, 3.05) is 12.0 Å². The third kappa shape index (κ3) is 1.93. The lowest BCUT2D eigenvalue weighted by molar-refractivity contribution is 0.371. The van der Waals surface area contributed by atoms with Gasteiger partial charge in [-0.1, -0.05) is 12.8 Å². The first kappa shape index (κ1) is 12.8. The van der Waals surface area contributed by atoms with Gasteiger partial charge in [0.1, 0.15) is 5.52 Å². The van der Waals surface area contributed by atoms with Crippen LogP contribution in [0.4, 0.5) is 5.95 Å². The number of nitrogens with zero attached hydrogens (tertiary/aromatic N) is 4. The van der Waals surface area contributed by atoms with E-state index < -0.39 is 0 Å². The van der Waals surface area contributed by atoms with E-state index in [2.05, 4.69) is 20.9 Å². The van der Waals surface area contributed by atoms with E-state index in [0.29, 0.717) is 17.2 Å². The topological polar surface area (TPSA) is 61.7 Å². The quantitative estimate of drug-likeness (QED) is 0.917. The maximum Gasteiger partial charge on any atom is 0.202 e. The second kappa shape index (κ2) is 4.74. The SMILES string of the molecule is CSC1CCCCC1n1c(N)nc2c(C)nn(C)c21. The summed E-state index contributed by atoms with van der Waals surface area (Å²) in [6, 6.07) is 0.448. The number of hydrogen-bond acceptors (Lipinski definition) is 4. The van der Waals surface area contributed by atoms with Crippen LogP contribution in [0.15, 0.2) is 0 Å². The summed E-state index contributed by atoms with van der Waals surface area (Å²) in [6.45, 7) is 1.99. The molecule has 2 heterocycles. The van der Waals surface area contributed by atoms with Crippen LogP contribution < -0.4 is 5.73 Å². The summed E-state index contributed by atoms with van der Waals surface area (Å²) in [4.78, 5) is 4.53. The monoisotopic (exact) mass is 279 g/mol. The first-order valence-electron chi connectivity index (χ1n) is 6.83. The molecule has 2 N–H and O–H groups in total. The minimum atomic E-state index is 0.448. The number of nitrogens with two attached hydrogens (primary N) is 1. The minimum Gasteiger partial charge on any atom is -0.369 e. The average Bonchev–Trinajstić information content (AvgIpc) is 2.88. The standard InChI is InChI=1S/C13H21N5S/c1-8-11-12(17(2)16-8)18(13(14)15-11)9-6-4-5-7-10(9)19-3/h9-10H,4-7H2,1-3H3,(H2,14,15). The van der Waals surface area contributed by atoms with Crippen LogP contribution in [0.25, 0.3) is 11.2 Å². The molecule has 1 aliphatic carbocycles. The van der Waals surface area contributed by atoms with Crippen LogP contribution in [0.3, 0.4) is 0 Å². The van der Waals surface area contributed by atoms with Gasteiger partial charge in [-0.2, -0.15) is 16.9 Å². The fourth-order valence-electron chi connectivity index (χ4n) is 3.29. The van der Waals surface area contributed by atoms with Gasteiger partial charge in [-0.15, -0.1) is 0 Å². The highest BCUT2D eigenvalue weighted by Gasteiger charge is 2.30. The Morgan fingerprint density at radius 1 is 1.32 bits per heavy atom. The molecule has 0 amide bonds. The van der Waals surface area contributed by atoms with Crippen molar-refractivity contribution in [3.63, 3.8) is 0 Å². The van der Waals surface area contributed by atoms with E-state index in [1.54, 1.807) is 0 Å². The highest BCUT2D eigenvalue weighted by molar-refractivity contribution is 7.99. The molecule has 1 saturated carbocycles. The van der Waals surface area contributed by atoms with Crippen LogP contribution in [0, 0.1) is 6.92 Å². The normalized spacial score (nSPS) is 24.2. The molecule has 6 heteroatoms. The Balaban J connectivity index is 2.15. The van der Waals surface area contributed by atoms with Crippen LogP contribution in [-0.2, 0) is 7.05 Å². The summed E-state index contributed by atoms with van der Waals surface area (Å²) in [5, 5.41) is 5.10. The molecule has 1 aliphatic rings. The Hall–Kier alpha value is -1.17. The molecular formula is C13H21N5S. The molecule has 1 fully saturated rings. The van der Waals surface area contributed by atoms with Crippen LogP contribution >= 0.6 is 11.8 Å². The summed E-state index contributed by atoms with van der Waals surface area (Å²) >= 11 is 1.95. The molecule has 3 rings (SSSR count). The van der Waals surface area contributed by atoms with Gasteiger partial charge in [0.15, 0.2) is 5.65 Å². The van der Waals surface area contributed by atoms with Gasteiger partial charge in [-0.3, -0.25) is 9.25 Å². The summed E-state index contributed by atoms with van der Waals surface area (Å²) in [5.41, 5.74) is 9.16. The summed E-state index contributed by atoms with van der Waals surface area (Å²) in [5.74, 6) is 0.636. The molecule has 0 spiro atoms. The summed E-state index contributed by atoms with van der Waals surface area (Å²) in [7, 11) is 1.98. The lowest BCUT2D eigenvalue weighted by Crippen LogP contribution is -2.27. The van der Waals surface area contributed by atoms with Crippen molar-refractivity contribution in [2.24, 2.45) is 7.05 Å². The molecule has 0 radical (unpaired) electrons. The second-order valence-electron chi connectivity index (χ2n) is 5.35. The third-order valence-electron chi connectivity index (χ3n) is 4.16. The van der Waals surface area contributed by atoms with Crippen molar-refractivity contribution in [3.8, 4) is 0 Å². The van der Waals surface area contributed by atoms with Gasteiger partial charge in [0.25, 0.3) is 0 Å². The van der Waals surface area contributed by atoms with E-state index in [1.165, 1.54) is 25.7 Å². The molecule has 104 valence electrons. The molecule has 5 nitrogen and oxygen atoms in total. The predicted molar refractivity (Wildman–Crippen MR) is 80.5 cm³/mol. The summed E-state index contributed by atoms with van der Waals surface area (Å²) in [6.07, 6.45) is 7.25. The molecule has 2 unspecified atom stereocenters. The predicted octanol–water partition coefficient (Wildman–Crippen LogP) is 2.51. The molecular weight excluding hydrogens is 258 g/mol. The lowest BCUT2D eigenvalue weighted by atomic mass is 9.94. The van der Waals surface area contributed by atoms with E-state index in [4.69, 9.17) is 5.73 Å². The van der Waals surface area contributed by atoms with Crippen LogP contribution in [0.1, 0.15) is 37.4 Å².